The molecule has 1 aromatic heterocycles. The van der Waals surface area contributed by atoms with Gasteiger partial charge in [0.05, 0.1) is 0 Å². The van der Waals surface area contributed by atoms with Gasteiger partial charge in [-0.3, -0.25) is 0 Å². The maximum atomic E-state index is 4.70. The molecule has 0 amide bonds. The maximum Gasteiger partial charge on any atom is 0.133 e. The number of aromatic nitrogens is 1. The highest BCUT2D eigenvalue weighted by atomic mass is 15.2. The van der Waals surface area contributed by atoms with Gasteiger partial charge < -0.3 is 10.2 Å². The molecule has 0 spiro atoms. The normalized spacial score (nSPS) is 18.6. The van der Waals surface area contributed by atoms with E-state index in [0.717, 1.165) is 25.0 Å². The van der Waals surface area contributed by atoms with Crippen molar-refractivity contribution in [2.75, 3.05) is 18.0 Å². The zero-order valence-electron chi connectivity index (χ0n) is 12.8. The average molecular weight is 273 g/mol. The molecule has 1 aromatic rings. The molecule has 2 saturated carbocycles. The molecule has 110 valence electrons. The van der Waals surface area contributed by atoms with E-state index in [4.69, 9.17) is 4.98 Å². The summed E-state index contributed by atoms with van der Waals surface area (Å²) in [4.78, 5) is 7.29. The summed E-state index contributed by atoms with van der Waals surface area (Å²) in [5, 5.41) is 3.56. The van der Waals surface area contributed by atoms with E-state index in [0.29, 0.717) is 5.92 Å². The predicted octanol–water partition coefficient (Wildman–Crippen LogP) is 3.21. The predicted molar refractivity (Wildman–Crippen MR) is 83.9 cm³/mol. The Morgan fingerprint density at radius 1 is 1.30 bits per heavy atom. The van der Waals surface area contributed by atoms with Crippen LogP contribution in [0.2, 0.25) is 0 Å². The lowest BCUT2D eigenvalue weighted by Gasteiger charge is -2.26. The summed E-state index contributed by atoms with van der Waals surface area (Å²) >= 11 is 0. The van der Waals surface area contributed by atoms with Crippen molar-refractivity contribution in [2.24, 2.45) is 11.8 Å². The van der Waals surface area contributed by atoms with Crippen LogP contribution >= 0.6 is 0 Å². The van der Waals surface area contributed by atoms with Crippen molar-refractivity contribution in [3.05, 3.63) is 23.9 Å². The van der Waals surface area contributed by atoms with Crippen molar-refractivity contribution in [3.8, 4) is 0 Å². The van der Waals surface area contributed by atoms with E-state index in [2.05, 4.69) is 36.2 Å². The number of anilines is 1. The molecule has 0 bridgehead atoms. The molecule has 2 aliphatic rings. The number of nitrogens with one attached hydrogen (secondary N) is 1. The van der Waals surface area contributed by atoms with Crippen LogP contribution in [-0.2, 0) is 6.54 Å². The van der Waals surface area contributed by atoms with Crippen LogP contribution in [-0.4, -0.2) is 24.1 Å². The standard InChI is InChI=1S/C17H27N3/c1-13(2)10-18-11-15-4-3-9-19-17(15)20(16-7-8-16)12-14-5-6-14/h3-4,9,13-14,16,18H,5-8,10-12H2,1-2H3. The van der Waals surface area contributed by atoms with E-state index in [1.165, 1.54) is 43.6 Å². The molecular weight excluding hydrogens is 246 g/mol. The topological polar surface area (TPSA) is 28.2 Å². The molecule has 3 rings (SSSR count). The van der Waals surface area contributed by atoms with E-state index in [1.54, 1.807) is 0 Å². The van der Waals surface area contributed by atoms with Crippen LogP contribution in [0.25, 0.3) is 0 Å². The lowest BCUT2D eigenvalue weighted by atomic mass is 10.2. The van der Waals surface area contributed by atoms with Gasteiger partial charge in [0.2, 0.25) is 0 Å². The Hall–Kier alpha value is -1.09. The Kier molecular flexibility index (Phi) is 4.25. The largest absolute Gasteiger partial charge is 0.353 e. The Morgan fingerprint density at radius 2 is 2.10 bits per heavy atom. The van der Waals surface area contributed by atoms with Crippen molar-refractivity contribution in [1.82, 2.24) is 10.3 Å². The van der Waals surface area contributed by atoms with E-state index in [9.17, 15) is 0 Å². The number of hydrogen-bond donors (Lipinski definition) is 1. The van der Waals surface area contributed by atoms with Gasteiger partial charge in [0.15, 0.2) is 0 Å². The average Bonchev–Trinajstić information content (AvgIpc) is 3.29. The summed E-state index contributed by atoms with van der Waals surface area (Å²) in [7, 11) is 0. The van der Waals surface area contributed by atoms with Gasteiger partial charge in [0.25, 0.3) is 0 Å². The van der Waals surface area contributed by atoms with Gasteiger partial charge in [0, 0.05) is 30.9 Å². The fourth-order valence-electron chi connectivity index (χ4n) is 2.70. The van der Waals surface area contributed by atoms with Crippen LogP contribution in [0.3, 0.4) is 0 Å². The number of nitrogens with zero attached hydrogens (tertiary/aromatic N) is 2. The quantitative estimate of drug-likeness (QED) is 0.788. The second kappa shape index (κ2) is 6.13. The SMILES string of the molecule is CC(C)CNCc1cccnc1N(CC1CC1)C1CC1. The minimum atomic E-state index is 0.695. The van der Waals surface area contributed by atoms with Crippen LogP contribution in [0, 0.1) is 11.8 Å². The lowest BCUT2D eigenvalue weighted by molar-refractivity contribution is 0.550. The number of hydrogen-bond acceptors (Lipinski definition) is 3. The summed E-state index contributed by atoms with van der Waals surface area (Å²) < 4.78 is 0. The van der Waals surface area contributed by atoms with Crippen molar-refractivity contribution in [3.63, 3.8) is 0 Å². The fraction of sp³-hybridized carbons (Fsp3) is 0.706. The van der Waals surface area contributed by atoms with E-state index in [1.807, 2.05) is 6.20 Å². The Balaban J connectivity index is 1.69. The molecular formula is C17H27N3. The molecule has 2 fully saturated rings. The van der Waals surface area contributed by atoms with Crippen LogP contribution < -0.4 is 10.2 Å². The van der Waals surface area contributed by atoms with Crippen LogP contribution in [0.1, 0.15) is 45.1 Å². The molecule has 0 radical (unpaired) electrons. The highest BCUT2D eigenvalue weighted by Crippen LogP contribution is 2.37. The van der Waals surface area contributed by atoms with E-state index >= 15 is 0 Å². The number of rotatable bonds is 8. The molecule has 0 aromatic carbocycles. The van der Waals surface area contributed by atoms with Gasteiger partial charge in [-0.2, -0.15) is 0 Å². The highest BCUT2D eigenvalue weighted by molar-refractivity contribution is 5.49. The maximum absolute atomic E-state index is 4.70. The highest BCUT2D eigenvalue weighted by Gasteiger charge is 2.35. The van der Waals surface area contributed by atoms with E-state index < -0.39 is 0 Å². The Bertz CT molecular complexity index is 436. The van der Waals surface area contributed by atoms with Gasteiger partial charge in [-0.1, -0.05) is 19.9 Å². The summed E-state index contributed by atoms with van der Waals surface area (Å²) in [6, 6.07) is 5.06. The third-order valence-electron chi connectivity index (χ3n) is 4.15. The van der Waals surface area contributed by atoms with Crippen LogP contribution in [0.4, 0.5) is 5.82 Å². The second-order valence-corrected chi connectivity index (χ2v) is 6.84. The van der Waals surface area contributed by atoms with Gasteiger partial charge >= 0.3 is 0 Å². The molecule has 20 heavy (non-hydrogen) atoms. The summed E-state index contributed by atoms with van der Waals surface area (Å²) in [6.45, 7) is 7.73. The minimum absolute atomic E-state index is 0.695. The molecule has 3 nitrogen and oxygen atoms in total. The minimum Gasteiger partial charge on any atom is -0.353 e. The molecule has 0 saturated heterocycles. The molecule has 0 unspecified atom stereocenters. The zero-order valence-corrected chi connectivity index (χ0v) is 12.8. The lowest BCUT2D eigenvalue weighted by Crippen LogP contribution is -2.31. The molecule has 2 aliphatic carbocycles. The number of pyridine rings is 1. The van der Waals surface area contributed by atoms with Gasteiger partial charge in [0.1, 0.15) is 5.82 Å². The molecule has 0 atom stereocenters. The molecule has 3 heteroatoms. The molecule has 0 aliphatic heterocycles. The second-order valence-electron chi connectivity index (χ2n) is 6.84. The van der Waals surface area contributed by atoms with Crippen LogP contribution in [0.15, 0.2) is 18.3 Å². The Labute approximate surface area is 122 Å². The first kappa shape index (κ1) is 13.9. The zero-order chi connectivity index (χ0) is 13.9. The fourth-order valence-corrected chi connectivity index (χ4v) is 2.70. The first-order chi connectivity index (χ1) is 9.74. The van der Waals surface area contributed by atoms with Gasteiger partial charge in [-0.05, 0) is 50.1 Å². The first-order valence-corrected chi connectivity index (χ1v) is 8.15. The van der Waals surface area contributed by atoms with Gasteiger partial charge in [-0.25, -0.2) is 4.98 Å². The third kappa shape index (κ3) is 3.72. The summed E-state index contributed by atoms with van der Waals surface area (Å²) in [5.41, 5.74) is 1.36. The van der Waals surface area contributed by atoms with Gasteiger partial charge in [-0.15, -0.1) is 0 Å². The molecule has 1 N–H and O–H groups in total. The smallest absolute Gasteiger partial charge is 0.133 e. The monoisotopic (exact) mass is 273 g/mol. The van der Waals surface area contributed by atoms with Crippen LogP contribution in [0.5, 0.6) is 0 Å². The van der Waals surface area contributed by atoms with Crippen molar-refractivity contribution < 1.29 is 0 Å². The van der Waals surface area contributed by atoms with E-state index in [-0.39, 0.29) is 0 Å². The summed E-state index contributed by atoms with van der Waals surface area (Å²) in [6.07, 6.45) is 7.47. The first-order valence-electron chi connectivity index (χ1n) is 8.15. The van der Waals surface area contributed by atoms with Crippen molar-refractivity contribution in [2.45, 2.75) is 52.1 Å². The van der Waals surface area contributed by atoms with Crippen molar-refractivity contribution in [1.29, 1.82) is 0 Å². The molecule has 1 heterocycles. The van der Waals surface area contributed by atoms with Crippen molar-refractivity contribution >= 4 is 5.82 Å². The Morgan fingerprint density at radius 3 is 2.75 bits per heavy atom. The third-order valence-corrected chi connectivity index (χ3v) is 4.15. The summed E-state index contributed by atoms with van der Waals surface area (Å²) in [5.74, 6) is 2.85.